The molecule has 1 aromatic heterocycles. The molecule has 0 spiro atoms. The van der Waals surface area contributed by atoms with Crippen LogP contribution in [0.2, 0.25) is 0 Å². The van der Waals surface area contributed by atoms with Crippen LogP contribution in [0.3, 0.4) is 0 Å². The number of amides is 1. The molecule has 1 aliphatic heterocycles. The number of nitrogens with zero attached hydrogens (tertiary/aromatic N) is 3. The van der Waals surface area contributed by atoms with Crippen LogP contribution in [0.4, 0.5) is 11.5 Å². The van der Waals surface area contributed by atoms with Gasteiger partial charge in [0.2, 0.25) is 0 Å². The normalized spacial score (nSPS) is 17.4. The number of carbonyl (C=O) groups excluding carboxylic acids is 1. The van der Waals surface area contributed by atoms with Crippen LogP contribution in [0.25, 0.3) is 0 Å². The second-order valence-corrected chi connectivity index (χ2v) is 7.61. The average Bonchev–Trinajstić information content (AvgIpc) is 2.63. The predicted octanol–water partition coefficient (Wildman–Crippen LogP) is 4.52. The van der Waals surface area contributed by atoms with E-state index < -0.39 is 0 Å². The highest BCUT2D eigenvalue weighted by Crippen LogP contribution is 2.29. The fourth-order valence-electron chi connectivity index (χ4n) is 3.55. The van der Waals surface area contributed by atoms with Gasteiger partial charge < -0.3 is 10.2 Å². The van der Waals surface area contributed by atoms with Crippen molar-refractivity contribution >= 4 is 17.4 Å². The Hall–Kier alpha value is -2.43. The molecule has 0 aliphatic carbocycles. The number of anilines is 2. The van der Waals surface area contributed by atoms with Gasteiger partial charge in [0.15, 0.2) is 0 Å². The molecule has 1 unspecified atom stereocenters. The van der Waals surface area contributed by atoms with E-state index in [9.17, 15) is 4.79 Å². The summed E-state index contributed by atoms with van der Waals surface area (Å²) in [5, 5.41) is 3.41. The van der Waals surface area contributed by atoms with Gasteiger partial charge in [-0.15, -0.1) is 0 Å². The van der Waals surface area contributed by atoms with Crippen LogP contribution in [-0.4, -0.2) is 33.9 Å². The van der Waals surface area contributed by atoms with Gasteiger partial charge in [-0.2, -0.15) is 0 Å². The number of para-hydroxylation sites is 1. The van der Waals surface area contributed by atoms with E-state index in [1.54, 1.807) is 6.07 Å². The van der Waals surface area contributed by atoms with Gasteiger partial charge >= 0.3 is 0 Å². The van der Waals surface area contributed by atoms with E-state index in [0.29, 0.717) is 23.3 Å². The summed E-state index contributed by atoms with van der Waals surface area (Å²) < 4.78 is 0. The minimum Gasteiger partial charge on any atom is -0.340 e. The summed E-state index contributed by atoms with van der Waals surface area (Å²) >= 11 is 0. The second-order valence-electron chi connectivity index (χ2n) is 7.61. The number of benzene rings is 1. The largest absolute Gasteiger partial charge is 0.340 e. The lowest BCUT2D eigenvalue weighted by atomic mass is 9.98. The number of likely N-dealkylation sites (tertiary alicyclic amines) is 1. The van der Waals surface area contributed by atoms with Crippen LogP contribution in [-0.2, 0) is 0 Å². The topological polar surface area (TPSA) is 58.1 Å². The molecule has 2 heterocycles. The molecule has 1 aliphatic rings. The molecule has 0 radical (unpaired) electrons. The zero-order chi connectivity index (χ0) is 18.7. The van der Waals surface area contributed by atoms with E-state index in [4.69, 9.17) is 0 Å². The molecule has 5 nitrogen and oxygen atoms in total. The fraction of sp³-hybridized carbons (Fsp3) is 0.476. The van der Waals surface area contributed by atoms with Crippen molar-refractivity contribution in [3.8, 4) is 0 Å². The lowest BCUT2D eigenvalue weighted by molar-refractivity contribution is 0.0677. The van der Waals surface area contributed by atoms with Gasteiger partial charge in [0.1, 0.15) is 17.8 Å². The van der Waals surface area contributed by atoms with Crippen LogP contribution in [0.5, 0.6) is 0 Å². The summed E-state index contributed by atoms with van der Waals surface area (Å²) in [5.41, 5.74) is 3.91. The maximum atomic E-state index is 12.8. The monoisotopic (exact) mass is 352 g/mol. The number of hydrogen-bond donors (Lipinski definition) is 1. The molecule has 0 bridgehead atoms. The van der Waals surface area contributed by atoms with E-state index >= 15 is 0 Å². The molecule has 0 saturated carbocycles. The maximum absolute atomic E-state index is 12.8. The molecular formula is C21H28N4O. The summed E-state index contributed by atoms with van der Waals surface area (Å²) in [6.07, 6.45) is 3.71. The van der Waals surface area contributed by atoms with Gasteiger partial charge in [-0.25, -0.2) is 9.97 Å². The Bertz CT molecular complexity index is 787. The lowest BCUT2D eigenvalue weighted by Gasteiger charge is -2.30. The smallest absolute Gasteiger partial charge is 0.272 e. The summed E-state index contributed by atoms with van der Waals surface area (Å²) in [6, 6.07) is 8.04. The van der Waals surface area contributed by atoms with E-state index in [1.807, 2.05) is 4.90 Å². The van der Waals surface area contributed by atoms with Gasteiger partial charge in [-0.1, -0.05) is 39.0 Å². The molecule has 1 atom stereocenters. The average molecular weight is 352 g/mol. The van der Waals surface area contributed by atoms with Gasteiger partial charge in [-0.05, 0) is 42.7 Å². The maximum Gasteiger partial charge on any atom is 0.272 e. The van der Waals surface area contributed by atoms with Crippen molar-refractivity contribution < 1.29 is 4.79 Å². The van der Waals surface area contributed by atoms with Crippen molar-refractivity contribution in [1.29, 1.82) is 0 Å². The number of aromatic nitrogens is 2. The first-order chi connectivity index (χ1) is 12.5. The summed E-state index contributed by atoms with van der Waals surface area (Å²) in [4.78, 5) is 23.3. The van der Waals surface area contributed by atoms with Crippen molar-refractivity contribution in [2.24, 2.45) is 5.92 Å². The highest BCUT2D eigenvalue weighted by atomic mass is 16.2. The van der Waals surface area contributed by atoms with Crippen LogP contribution in [0.15, 0.2) is 30.6 Å². The third-order valence-electron chi connectivity index (χ3n) is 5.01. The Morgan fingerprint density at radius 1 is 1.31 bits per heavy atom. The summed E-state index contributed by atoms with van der Waals surface area (Å²) in [7, 11) is 0. The Morgan fingerprint density at radius 2 is 2.12 bits per heavy atom. The number of carbonyl (C=O) groups is 1. The van der Waals surface area contributed by atoms with Crippen molar-refractivity contribution in [2.75, 3.05) is 18.4 Å². The van der Waals surface area contributed by atoms with E-state index in [1.165, 1.54) is 18.3 Å². The molecule has 1 saturated heterocycles. The first kappa shape index (κ1) is 18.4. The predicted molar refractivity (Wildman–Crippen MR) is 105 cm³/mol. The second kappa shape index (κ2) is 7.85. The van der Waals surface area contributed by atoms with Crippen molar-refractivity contribution in [1.82, 2.24) is 14.9 Å². The molecule has 26 heavy (non-hydrogen) atoms. The highest BCUT2D eigenvalue weighted by molar-refractivity contribution is 5.93. The fourth-order valence-corrected chi connectivity index (χ4v) is 3.55. The third kappa shape index (κ3) is 4.03. The Morgan fingerprint density at radius 3 is 2.85 bits per heavy atom. The van der Waals surface area contributed by atoms with Gasteiger partial charge in [0.05, 0.1) is 0 Å². The highest BCUT2D eigenvalue weighted by Gasteiger charge is 2.23. The Kier molecular flexibility index (Phi) is 5.55. The lowest BCUT2D eigenvalue weighted by Crippen LogP contribution is -2.39. The molecule has 1 amide bonds. The van der Waals surface area contributed by atoms with Crippen molar-refractivity contribution in [2.45, 2.75) is 46.5 Å². The van der Waals surface area contributed by atoms with Crippen LogP contribution in [0.1, 0.15) is 61.1 Å². The molecule has 2 aromatic rings. The Balaban J connectivity index is 1.83. The van der Waals surface area contributed by atoms with Gasteiger partial charge in [0.25, 0.3) is 5.91 Å². The minimum atomic E-state index is -0.00383. The zero-order valence-corrected chi connectivity index (χ0v) is 16.1. The number of hydrogen-bond acceptors (Lipinski definition) is 4. The number of rotatable bonds is 4. The minimum absolute atomic E-state index is 0.00383. The summed E-state index contributed by atoms with van der Waals surface area (Å²) in [5.74, 6) is 1.60. The van der Waals surface area contributed by atoms with Crippen molar-refractivity contribution in [3.05, 3.63) is 47.4 Å². The number of nitrogens with one attached hydrogen (secondary N) is 1. The van der Waals surface area contributed by atoms with E-state index in [0.717, 1.165) is 30.8 Å². The standard InChI is InChI=1S/C21H28N4O/c1-14(2)17-9-5-8-16(4)20(17)24-19-11-18(22-13-23-19)21(26)25-10-6-7-15(3)12-25/h5,8-9,11,13-15H,6-7,10,12H2,1-4H3,(H,22,23,24). The molecule has 5 heteroatoms. The molecule has 3 rings (SSSR count). The zero-order valence-electron chi connectivity index (χ0n) is 16.1. The first-order valence-electron chi connectivity index (χ1n) is 9.43. The first-order valence-corrected chi connectivity index (χ1v) is 9.43. The molecule has 1 aromatic carbocycles. The molecule has 1 N–H and O–H groups in total. The summed E-state index contributed by atoms with van der Waals surface area (Å²) in [6.45, 7) is 10.2. The Labute approximate surface area is 155 Å². The van der Waals surface area contributed by atoms with Crippen molar-refractivity contribution in [3.63, 3.8) is 0 Å². The quantitative estimate of drug-likeness (QED) is 0.878. The van der Waals surface area contributed by atoms with Crippen LogP contribution in [0, 0.1) is 12.8 Å². The van der Waals surface area contributed by atoms with E-state index in [-0.39, 0.29) is 5.91 Å². The SMILES string of the molecule is Cc1cccc(C(C)C)c1Nc1cc(C(=O)N2CCCC(C)C2)ncn1. The van der Waals surface area contributed by atoms with E-state index in [2.05, 4.69) is 61.2 Å². The number of piperidine rings is 1. The van der Waals surface area contributed by atoms with Gasteiger partial charge in [-0.3, -0.25) is 4.79 Å². The molecular weight excluding hydrogens is 324 g/mol. The molecule has 1 fully saturated rings. The number of aryl methyl sites for hydroxylation is 1. The third-order valence-corrected chi connectivity index (χ3v) is 5.01. The molecule has 138 valence electrons. The van der Waals surface area contributed by atoms with Crippen LogP contribution < -0.4 is 5.32 Å². The van der Waals surface area contributed by atoms with Gasteiger partial charge in [0, 0.05) is 24.8 Å². The van der Waals surface area contributed by atoms with Crippen LogP contribution >= 0.6 is 0 Å².